The van der Waals surface area contributed by atoms with Gasteiger partial charge in [0.05, 0.1) is 0 Å². The molecule has 98 valence electrons. The van der Waals surface area contributed by atoms with Crippen molar-refractivity contribution in [2.24, 2.45) is 0 Å². The minimum Gasteiger partial charge on any atom is -0.289 e. The number of carbonyl (C=O) groups is 1. The zero-order chi connectivity index (χ0) is 14.1. The van der Waals surface area contributed by atoms with E-state index in [0.717, 1.165) is 10.8 Å². The number of benzene rings is 3. The highest BCUT2D eigenvalue weighted by molar-refractivity contribution is 6.31. The highest BCUT2D eigenvalue weighted by Gasteiger charge is 2.13. The Morgan fingerprint density at radius 1 is 0.900 bits per heavy atom. The van der Waals surface area contributed by atoms with Crippen LogP contribution in [0, 0.1) is 6.92 Å². The monoisotopic (exact) mass is 280 g/mol. The third-order valence-electron chi connectivity index (χ3n) is 3.47. The minimum atomic E-state index is 0.00343. The predicted octanol–water partition coefficient (Wildman–Crippen LogP) is 5.03. The van der Waals surface area contributed by atoms with Crippen molar-refractivity contribution >= 4 is 28.2 Å². The van der Waals surface area contributed by atoms with Crippen LogP contribution in [0.4, 0.5) is 0 Å². The molecule has 0 aliphatic heterocycles. The van der Waals surface area contributed by atoms with E-state index >= 15 is 0 Å². The molecular formula is C18H13ClO. The number of carbonyl (C=O) groups excluding carboxylic acids is 1. The van der Waals surface area contributed by atoms with Gasteiger partial charge in [0.15, 0.2) is 5.78 Å². The van der Waals surface area contributed by atoms with Crippen LogP contribution in [-0.4, -0.2) is 5.78 Å². The first-order valence-corrected chi connectivity index (χ1v) is 6.83. The normalized spacial score (nSPS) is 10.7. The molecule has 0 N–H and O–H groups in total. The summed E-state index contributed by atoms with van der Waals surface area (Å²) in [6.07, 6.45) is 0. The molecule has 0 fully saturated rings. The molecule has 3 rings (SSSR count). The Labute approximate surface area is 122 Å². The summed E-state index contributed by atoms with van der Waals surface area (Å²) in [5, 5.41) is 2.67. The van der Waals surface area contributed by atoms with Crippen LogP contribution in [0.2, 0.25) is 5.02 Å². The van der Waals surface area contributed by atoms with Crippen LogP contribution < -0.4 is 0 Å². The Morgan fingerprint density at radius 3 is 2.40 bits per heavy atom. The van der Waals surface area contributed by atoms with Crippen LogP contribution in [0.25, 0.3) is 10.8 Å². The summed E-state index contributed by atoms with van der Waals surface area (Å²) in [4.78, 5) is 12.7. The lowest BCUT2D eigenvalue weighted by molar-refractivity contribution is 0.104. The summed E-state index contributed by atoms with van der Waals surface area (Å²) in [5.41, 5.74) is 2.50. The molecule has 0 amide bonds. The van der Waals surface area contributed by atoms with E-state index in [1.54, 1.807) is 24.3 Å². The van der Waals surface area contributed by atoms with Gasteiger partial charge in [0.2, 0.25) is 0 Å². The fraction of sp³-hybridized carbons (Fsp3) is 0.0556. The molecule has 0 aliphatic rings. The lowest BCUT2D eigenvalue weighted by Gasteiger charge is -2.08. The second kappa shape index (κ2) is 5.10. The Balaban J connectivity index is 2.20. The van der Waals surface area contributed by atoms with Gasteiger partial charge in [0, 0.05) is 16.1 Å². The molecule has 0 spiro atoms. The molecule has 3 aromatic carbocycles. The lowest BCUT2D eigenvalue weighted by Crippen LogP contribution is -2.02. The van der Waals surface area contributed by atoms with Gasteiger partial charge in [-0.25, -0.2) is 0 Å². The van der Waals surface area contributed by atoms with Crippen LogP contribution >= 0.6 is 11.6 Å². The standard InChI is InChI=1S/C18H13ClO/c1-12-9-10-17(16-8-3-2-7-15(12)16)18(20)13-5-4-6-14(19)11-13/h2-11H,1H3. The number of fused-ring (bicyclic) bond motifs is 1. The van der Waals surface area contributed by atoms with Crippen LogP contribution in [0.15, 0.2) is 60.7 Å². The van der Waals surface area contributed by atoms with Gasteiger partial charge < -0.3 is 0 Å². The van der Waals surface area contributed by atoms with Crippen LogP contribution in [0.1, 0.15) is 21.5 Å². The Bertz CT molecular complexity index is 805. The molecule has 20 heavy (non-hydrogen) atoms. The number of aryl methyl sites for hydroxylation is 1. The number of halogens is 1. The van der Waals surface area contributed by atoms with E-state index in [-0.39, 0.29) is 5.78 Å². The Morgan fingerprint density at radius 2 is 1.65 bits per heavy atom. The smallest absolute Gasteiger partial charge is 0.193 e. The first-order valence-electron chi connectivity index (χ1n) is 6.45. The van der Waals surface area contributed by atoms with Crippen molar-refractivity contribution in [2.75, 3.05) is 0 Å². The number of hydrogen-bond acceptors (Lipinski definition) is 1. The van der Waals surface area contributed by atoms with Gasteiger partial charge in [-0.05, 0) is 35.4 Å². The van der Waals surface area contributed by atoms with Gasteiger partial charge in [-0.15, -0.1) is 0 Å². The van der Waals surface area contributed by atoms with Crippen LogP contribution in [0.3, 0.4) is 0 Å². The van der Waals surface area contributed by atoms with Crippen molar-refractivity contribution in [2.45, 2.75) is 6.92 Å². The summed E-state index contributed by atoms with van der Waals surface area (Å²) in [6.45, 7) is 2.05. The quantitative estimate of drug-likeness (QED) is 0.602. The first kappa shape index (κ1) is 12.9. The first-order chi connectivity index (χ1) is 9.66. The molecule has 0 heterocycles. The second-order valence-electron chi connectivity index (χ2n) is 4.82. The topological polar surface area (TPSA) is 17.1 Å². The Kier molecular flexibility index (Phi) is 3.29. The highest BCUT2D eigenvalue weighted by Crippen LogP contribution is 2.25. The summed E-state index contributed by atoms with van der Waals surface area (Å²) in [7, 11) is 0. The van der Waals surface area contributed by atoms with Crippen LogP contribution in [0.5, 0.6) is 0 Å². The van der Waals surface area contributed by atoms with Gasteiger partial charge in [-0.3, -0.25) is 4.79 Å². The van der Waals surface area contributed by atoms with Crippen molar-refractivity contribution in [1.82, 2.24) is 0 Å². The average Bonchev–Trinajstić information content (AvgIpc) is 2.47. The van der Waals surface area contributed by atoms with Crippen molar-refractivity contribution < 1.29 is 4.79 Å². The van der Waals surface area contributed by atoms with E-state index in [1.807, 2.05) is 36.4 Å². The molecule has 0 radical (unpaired) electrons. The minimum absolute atomic E-state index is 0.00343. The molecule has 1 nitrogen and oxygen atoms in total. The third kappa shape index (κ3) is 2.21. The van der Waals surface area contributed by atoms with Crippen LogP contribution in [-0.2, 0) is 0 Å². The number of hydrogen-bond donors (Lipinski definition) is 0. The Hall–Kier alpha value is -2.12. The van der Waals surface area contributed by atoms with Gasteiger partial charge in [0.1, 0.15) is 0 Å². The molecule has 0 aromatic heterocycles. The van der Waals surface area contributed by atoms with E-state index in [0.29, 0.717) is 16.1 Å². The summed E-state index contributed by atoms with van der Waals surface area (Å²) in [6, 6.07) is 18.9. The molecule has 3 aromatic rings. The number of ketones is 1. The predicted molar refractivity (Wildman–Crippen MR) is 83.6 cm³/mol. The fourth-order valence-corrected chi connectivity index (χ4v) is 2.62. The largest absolute Gasteiger partial charge is 0.289 e. The number of rotatable bonds is 2. The van der Waals surface area contributed by atoms with E-state index < -0.39 is 0 Å². The van der Waals surface area contributed by atoms with E-state index in [9.17, 15) is 4.79 Å². The van der Waals surface area contributed by atoms with Gasteiger partial charge in [-0.2, -0.15) is 0 Å². The SMILES string of the molecule is Cc1ccc(C(=O)c2cccc(Cl)c2)c2ccccc12. The van der Waals surface area contributed by atoms with E-state index in [1.165, 1.54) is 5.56 Å². The maximum absolute atomic E-state index is 12.7. The molecule has 0 aliphatic carbocycles. The zero-order valence-electron chi connectivity index (χ0n) is 11.1. The highest BCUT2D eigenvalue weighted by atomic mass is 35.5. The molecule has 2 heteroatoms. The molecule has 0 saturated carbocycles. The van der Waals surface area contributed by atoms with Gasteiger partial charge in [-0.1, -0.05) is 60.1 Å². The van der Waals surface area contributed by atoms with Crippen molar-refractivity contribution in [3.63, 3.8) is 0 Å². The van der Waals surface area contributed by atoms with Gasteiger partial charge in [0.25, 0.3) is 0 Å². The summed E-state index contributed by atoms with van der Waals surface area (Å²) < 4.78 is 0. The molecular weight excluding hydrogens is 268 g/mol. The van der Waals surface area contributed by atoms with E-state index in [2.05, 4.69) is 6.92 Å². The average molecular weight is 281 g/mol. The maximum Gasteiger partial charge on any atom is 0.193 e. The second-order valence-corrected chi connectivity index (χ2v) is 5.25. The third-order valence-corrected chi connectivity index (χ3v) is 3.71. The molecule has 0 bridgehead atoms. The summed E-state index contributed by atoms with van der Waals surface area (Å²) in [5.74, 6) is 0.00343. The molecule has 0 unspecified atom stereocenters. The lowest BCUT2D eigenvalue weighted by atomic mass is 9.95. The van der Waals surface area contributed by atoms with E-state index in [4.69, 9.17) is 11.6 Å². The fourth-order valence-electron chi connectivity index (χ4n) is 2.43. The van der Waals surface area contributed by atoms with Crippen molar-refractivity contribution in [3.05, 3.63) is 82.4 Å². The molecule has 0 saturated heterocycles. The van der Waals surface area contributed by atoms with Crippen molar-refractivity contribution in [3.8, 4) is 0 Å². The van der Waals surface area contributed by atoms with Gasteiger partial charge >= 0.3 is 0 Å². The zero-order valence-corrected chi connectivity index (χ0v) is 11.8. The maximum atomic E-state index is 12.7. The van der Waals surface area contributed by atoms with Crippen molar-refractivity contribution in [1.29, 1.82) is 0 Å². The molecule has 0 atom stereocenters. The summed E-state index contributed by atoms with van der Waals surface area (Å²) >= 11 is 5.97.